The van der Waals surface area contributed by atoms with Crippen LogP contribution >= 0.6 is 0 Å². The molecule has 2 aliphatic carbocycles. The van der Waals surface area contributed by atoms with Crippen molar-refractivity contribution >= 4 is 28.3 Å². The number of aliphatic hydroxyl groups excluding tert-OH is 1. The highest BCUT2D eigenvalue weighted by molar-refractivity contribution is 6.40. The van der Waals surface area contributed by atoms with E-state index in [1.54, 1.807) is 0 Å². The molecule has 5 nitrogen and oxygen atoms in total. The summed E-state index contributed by atoms with van der Waals surface area (Å²) in [6, 6.07) is 9.64. The molecule has 25 heavy (non-hydrogen) atoms. The quantitative estimate of drug-likeness (QED) is 0.735. The van der Waals surface area contributed by atoms with Gasteiger partial charge in [0.2, 0.25) is 0 Å². The number of anilines is 1. The summed E-state index contributed by atoms with van der Waals surface area (Å²) < 4.78 is 0. The van der Waals surface area contributed by atoms with Crippen molar-refractivity contribution in [3.63, 3.8) is 0 Å². The van der Waals surface area contributed by atoms with Crippen LogP contribution in [0.1, 0.15) is 36.8 Å². The van der Waals surface area contributed by atoms with Gasteiger partial charge in [-0.15, -0.1) is 0 Å². The van der Waals surface area contributed by atoms with Crippen LogP contribution in [-0.2, 0) is 22.4 Å². The van der Waals surface area contributed by atoms with Crippen LogP contribution in [0.3, 0.4) is 0 Å². The van der Waals surface area contributed by atoms with Crippen molar-refractivity contribution in [3.8, 4) is 0 Å². The molecule has 2 aromatic rings. The summed E-state index contributed by atoms with van der Waals surface area (Å²) in [5.41, 5.74) is 3.24. The summed E-state index contributed by atoms with van der Waals surface area (Å²) in [4.78, 5) is 24.5. The van der Waals surface area contributed by atoms with E-state index < -0.39 is 17.9 Å². The summed E-state index contributed by atoms with van der Waals surface area (Å²) in [6.45, 7) is 0. The van der Waals surface area contributed by atoms with Crippen LogP contribution in [0, 0.1) is 0 Å². The zero-order chi connectivity index (χ0) is 17.4. The van der Waals surface area contributed by atoms with Gasteiger partial charge in [-0.05, 0) is 48.3 Å². The van der Waals surface area contributed by atoms with E-state index in [1.807, 2.05) is 24.3 Å². The first-order valence-electron chi connectivity index (χ1n) is 8.97. The molecule has 0 aromatic heterocycles. The van der Waals surface area contributed by atoms with Gasteiger partial charge in [-0.1, -0.05) is 37.1 Å². The molecule has 3 N–H and O–H groups in total. The number of rotatable bonds is 2. The zero-order valence-electron chi connectivity index (χ0n) is 14.0. The molecule has 2 amide bonds. The Morgan fingerprint density at radius 3 is 2.52 bits per heavy atom. The van der Waals surface area contributed by atoms with Gasteiger partial charge in [0.1, 0.15) is 0 Å². The Morgan fingerprint density at radius 2 is 1.72 bits per heavy atom. The summed E-state index contributed by atoms with van der Waals surface area (Å²) in [7, 11) is 0. The van der Waals surface area contributed by atoms with Crippen molar-refractivity contribution in [2.45, 2.75) is 50.7 Å². The lowest BCUT2D eigenvalue weighted by Crippen LogP contribution is -2.48. The molecule has 2 aromatic carbocycles. The minimum Gasteiger partial charge on any atom is -0.391 e. The fraction of sp³-hybridized carbons (Fsp3) is 0.400. The smallest absolute Gasteiger partial charge is 0.313 e. The Bertz CT molecular complexity index is 836. The second-order valence-corrected chi connectivity index (χ2v) is 7.00. The average Bonchev–Trinajstić information content (AvgIpc) is 3.04. The van der Waals surface area contributed by atoms with Gasteiger partial charge in [0.25, 0.3) is 0 Å². The zero-order valence-corrected chi connectivity index (χ0v) is 14.0. The van der Waals surface area contributed by atoms with E-state index in [4.69, 9.17) is 0 Å². The summed E-state index contributed by atoms with van der Waals surface area (Å²) >= 11 is 0. The highest BCUT2D eigenvalue weighted by Crippen LogP contribution is 2.34. The molecule has 0 radical (unpaired) electrons. The minimum absolute atomic E-state index is 0.334. The number of aliphatic hydroxyl groups is 1. The third kappa shape index (κ3) is 3.00. The first kappa shape index (κ1) is 16.1. The van der Waals surface area contributed by atoms with Crippen LogP contribution in [0.5, 0.6) is 0 Å². The first-order chi connectivity index (χ1) is 12.1. The van der Waals surface area contributed by atoms with E-state index in [0.717, 1.165) is 31.1 Å². The van der Waals surface area contributed by atoms with E-state index in [-0.39, 0.29) is 6.04 Å². The fourth-order valence-electron chi connectivity index (χ4n) is 4.05. The van der Waals surface area contributed by atoms with Crippen LogP contribution in [-0.4, -0.2) is 29.1 Å². The van der Waals surface area contributed by atoms with Crippen LogP contribution < -0.4 is 10.6 Å². The topological polar surface area (TPSA) is 78.4 Å². The van der Waals surface area contributed by atoms with Crippen molar-refractivity contribution in [2.75, 3.05) is 5.32 Å². The maximum atomic E-state index is 12.3. The van der Waals surface area contributed by atoms with Crippen molar-refractivity contribution in [2.24, 2.45) is 0 Å². The monoisotopic (exact) mass is 338 g/mol. The van der Waals surface area contributed by atoms with Gasteiger partial charge in [0.15, 0.2) is 0 Å². The number of carbonyl (C=O) groups excluding carboxylic acids is 2. The van der Waals surface area contributed by atoms with E-state index >= 15 is 0 Å². The fourth-order valence-corrected chi connectivity index (χ4v) is 4.05. The Hall–Kier alpha value is -2.40. The standard InChI is InChI=1S/C20H22N2O3/c23-17-7-2-1-6-16(17)22-20(25)19(24)21-15-11-10-13-9-8-12-4-3-5-14(15)18(12)13/h3-5,10-11,16-17,23H,1-2,6-9H2,(H,21,24)(H,22,25). The molecule has 2 atom stereocenters. The van der Waals surface area contributed by atoms with Gasteiger partial charge in [-0.25, -0.2) is 0 Å². The molecule has 0 aliphatic heterocycles. The molecule has 0 spiro atoms. The van der Waals surface area contributed by atoms with Gasteiger partial charge < -0.3 is 15.7 Å². The Kier molecular flexibility index (Phi) is 4.17. The normalized spacial score (nSPS) is 22.0. The van der Waals surface area contributed by atoms with Gasteiger partial charge in [0.05, 0.1) is 12.1 Å². The summed E-state index contributed by atoms with van der Waals surface area (Å²) in [6.07, 6.45) is 4.76. The largest absolute Gasteiger partial charge is 0.391 e. The van der Waals surface area contributed by atoms with Gasteiger partial charge in [0, 0.05) is 11.1 Å². The average molecular weight is 338 g/mol. The summed E-state index contributed by atoms with van der Waals surface area (Å²) in [5.74, 6) is -1.37. The molecule has 0 saturated heterocycles. The van der Waals surface area contributed by atoms with Gasteiger partial charge in [-0.3, -0.25) is 9.59 Å². The molecule has 1 saturated carbocycles. The predicted octanol–water partition coefficient (Wildman–Crippen LogP) is 2.30. The molecule has 0 bridgehead atoms. The molecule has 130 valence electrons. The van der Waals surface area contributed by atoms with Crippen molar-refractivity contribution < 1.29 is 14.7 Å². The lowest BCUT2D eigenvalue weighted by atomic mass is 9.92. The van der Waals surface area contributed by atoms with E-state index in [9.17, 15) is 14.7 Å². The molecule has 4 rings (SSSR count). The maximum Gasteiger partial charge on any atom is 0.313 e. The number of hydrogen-bond acceptors (Lipinski definition) is 3. The number of aryl methyl sites for hydroxylation is 2. The lowest BCUT2D eigenvalue weighted by molar-refractivity contribution is -0.137. The number of carbonyl (C=O) groups is 2. The predicted molar refractivity (Wildman–Crippen MR) is 96.4 cm³/mol. The first-order valence-corrected chi connectivity index (χ1v) is 8.97. The number of benzene rings is 2. The molecular formula is C20H22N2O3. The van der Waals surface area contributed by atoms with E-state index in [1.165, 1.54) is 16.5 Å². The third-order valence-corrected chi connectivity index (χ3v) is 5.38. The van der Waals surface area contributed by atoms with Crippen molar-refractivity contribution in [1.29, 1.82) is 0 Å². The maximum absolute atomic E-state index is 12.3. The Balaban J connectivity index is 1.51. The number of hydrogen-bond donors (Lipinski definition) is 3. The molecule has 2 aliphatic rings. The summed E-state index contributed by atoms with van der Waals surface area (Å²) in [5, 5.41) is 17.5. The van der Waals surface area contributed by atoms with Crippen LogP contribution in [0.2, 0.25) is 0 Å². The van der Waals surface area contributed by atoms with Crippen LogP contribution in [0.4, 0.5) is 5.69 Å². The molecular weight excluding hydrogens is 316 g/mol. The van der Waals surface area contributed by atoms with Crippen molar-refractivity contribution in [3.05, 3.63) is 41.5 Å². The van der Waals surface area contributed by atoms with E-state index in [2.05, 4.69) is 16.7 Å². The highest BCUT2D eigenvalue weighted by atomic mass is 16.3. The van der Waals surface area contributed by atoms with Crippen LogP contribution in [0.15, 0.2) is 30.3 Å². The minimum atomic E-state index is -0.686. The second-order valence-electron chi connectivity index (χ2n) is 7.00. The Labute approximate surface area is 146 Å². The highest BCUT2D eigenvalue weighted by Gasteiger charge is 2.27. The SMILES string of the molecule is O=C(Nc1ccc2c3c(cccc13)CC2)C(=O)NC1CCCCC1O. The lowest BCUT2D eigenvalue weighted by Gasteiger charge is -2.28. The number of amides is 2. The second kappa shape index (κ2) is 6.48. The molecule has 2 unspecified atom stereocenters. The Morgan fingerprint density at radius 1 is 0.960 bits per heavy atom. The molecule has 0 heterocycles. The van der Waals surface area contributed by atoms with Crippen molar-refractivity contribution in [1.82, 2.24) is 5.32 Å². The molecule has 5 heteroatoms. The van der Waals surface area contributed by atoms with E-state index in [0.29, 0.717) is 18.5 Å². The van der Waals surface area contributed by atoms with Gasteiger partial charge >= 0.3 is 11.8 Å². The third-order valence-electron chi connectivity index (χ3n) is 5.38. The molecule has 1 fully saturated rings. The van der Waals surface area contributed by atoms with Crippen LogP contribution in [0.25, 0.3) is 10.8 Å². The number of nitrogens with one attached hydrogen (secondary N) is 2. The van der Waals surface area contributed by atoms with Gasteiger partial charge in [-0.2, -0.15) is 0 Å².